The number of benzene rings is 2. The molecule has 20 heavy (non-hydrogen) atoms. The quantitative estimate of drug-likeness (QED) is 0.864. The molecule has 0 saturated carbocycles. The van der Waals surface area contributed by atoms with Crippen molar-refractivity contribution in [2.75, 3.05) is 6.54 Å². The van der Waals surface area contributed by atoms with Crippen molar-refractivity contribution in [2.24, 2.45) is 5.73 Å². The Balaban J connectivity index is 2.14. The highest BCUT2D eigenvalue weighted by molar-refractivity contribution is 9.10. The highest BCUT2D eigenvalue weighted by atomic mass is 79.9. The molecule has 2 N–H and O–H groups in total. The van der Waals surface area contributed by atoms with Gasteiger partial charge in [-0.3, -0.25) is 0 Å². The molecule has 0 fully saturated rings. The molecule has 106 valence electrons. The molecule has 0 heterocycles. The third kappa shape index (κ3) is 3.95. The van der Waals surface area contributed by atoms with Gasteiger partial charge in [-0.1, -0.05) is 33.6 Å². The van der Waals surface area contributed by atoms with E-state index >= 15 is 0 Å². The number of hydrogen-bond donors (Lipinski definition) is 1. The first kappa shape index (κ1) is 15.3. The van der Waals surface area contributed by atoms with Gasteiger partial charge in [0.25, 0.3) is 0 Å². The molecule has 5 heteroatoms. The third-order valence-corrected chi connectivity index (χ3v) is 3.56. The van der Waals surface area contributed by atoms with E-state index in [0.29, 0.717) is 29.3 Å². The SMILES string of the molecule is NCCc1cc(Br)ccc1OCc1ccc(Cl)cc1F. The van der Waals surface area contributed by atoms with E-state index in [1.165, 1.54) is 6.07 Å². The van der Waals surface area contributed by atoms with E-state index in [1.807, 2.05) is 18.2 Å². The highest BCUT2D eigenvalue weighted by Crippen LogP contribution is 2.25. The van der Waals surface area contributed by atoms with E-state index < -0.39 is 0 Å². The molecule has 0 bridgehead atoms. The molecular formula is C15H14BrClFNO. The van der Waals surface area contributed by atoms with Crippen LogP contribution in [0.4, 0.5) is 4.39 Å². The molecule has 0 aliphatic heterocycles. The van der Waals surface area contributed by atoms with Gasteiger partial charge in [-0.05, 0) is 48.9 Å². The molecule has 0 amide bonds. The minimum atomic E-state index is -0.366. The number of hydrogen-bond acceptors (Lipinski definition) is 2. The van der Waals surface area contributed by atoms with Gasteiger partial charge in [0.05, 0.1) is 0 Å². The van der Waals surface area contributed by atoms with E-state index in [9.17, 15) is 4.39 Å². The van der Waals surface area contributed by atoms with E-state index in [-0.39, 0.29) is 12.4 Å². The standard InChI is InChI=1S/C15H14BrClFNO/c16-12-2-4-15(10(7-12)5-6-19)20-9-11-1-3-13(17)8-14(11)18/h1-4,7-8H,5-6,9,19H2. The summed E-state index contributed by atoms with van der Waals surface area (Å²) in [7, 11) is 0. The van der Waals surface area contributed by atoms with Gasteiger partial charge in [-0.15, -0.1) is 0 Å². The molecule has 0 spiro atoms. The van der Waals surface area contributed by atoms with Crippen LogP contribution in [0.1, 0.15) is 11.1 Å². The summed E-state index contributed by atoms with van der Waals surface area (Å²) >= 11 is 9.13. The summed E-state index contributed by atoms with van der Waals surface area (Å²) in [5.41, 5.74) is 7.05. The zero-order valence-electron chi connectivity index (χ0n) is 10.7. The Hall–Kier alpha value is -1.10. The normalized spacial score (nSPS) is 10.6. The average Bonchev–Trinajstić information content (AvgIpc) is 2.40. The van der Waals surface area contributed by atoms with Gasteiger partial charge in [-0.2, -0.15) is 0 Å². The summed E-state index contributed by atoms with van der Waals surface area (Å²) in [5.74, 6) is 0.350. The van der Waals surface area contributed by atoms with Crippen molar-refractivity contribution in [1.82, 2.24) is 0 Å². The van der Waals surface area contributed by atoms with Crippen LogP contribution in [0.15, 0.2) is 40.9 Å². The van der Waals surface area contributed by atoms with Gasteiger partial charge < -0.3 is 10.5 Å². The summed E-state index contributed by atoms with van der Waals surface area (Å²) in [6.45, 7) is 0.685. The van der Waals surface area contributed by atoms with Gasteiger partial charge in [0.1, 0.15) is 18.2 Å². The molecule has 2 rings (SSSR count). The Morgan fingerprint density at radius 2 is 1.95 bits per heavy atom. The average molecular weight is 359 g/mol. The second kappa shape index (κ2) is 7.07. The fourth-order valence-corrected chi connectivity index (χ4v) is 2.40. The largest absolute Gasteiger partial charge is 0.489 e. The topological polar surface area (TPSA) is 35.2 Å². The van der Waals surface area contributed by atoms with Crippen LogP contribution in [0.3, 0.4) is 0 Å². The van der Waals surface area contributed by atoms with Crippen molar-refractivity contribution < 1.29 is 9.13 Å². The Morgan fingerprint density at radius 1 is 1.15 bits per heavy atom. The Bertz CT molecular complexity index is 606. The van der Waals surface area contributed by atoms with Crippen molar-refractivity contribution in [2.45, 2.75) is 13.0 Å². The van der Waals surface area contributed by atoms with Crippen molar-refractivity contribution >= 4 is 27.5 Å². The van der Waals surface area contributed by atoms with Crippen molar-refractivity contribution in [3.63, 3.8) is 0 Å². The van der Waals surface area contributed by atoms with Crippen molar-refractivity contribution in [3.05, 3.63) is 62.8 Å². The Labute approximate surface area is 130 Å². The number of halogens is 3. The maximum absolute atomic E-state index is 13.7. The predicted molar refractivity (Wildman–Crippen MR) is 82.6 cm³/mol. The maximum atomic E-state index is 13.7. The lowest BCUT2D eigenvalue weighted by Gasteiger charge is -2.12. The first-order chi connectivity index (χ1) is 9.60. The van der Waals surface area contributed by atoms with Crippen LogP contribution in [0.2, 0.25) is 5.02 Å². The van der Waals surface area contributed by atoms with Gasteiger partial charge in [0, 0.05) is 15.1 Å². The Kier molecular flexibility index (Phi) is 5.40. The van der Waals surface area contributed by atoms with E-state index in [1.54, 1.807) is 12.1 Å². The highest BCUT2D eigenvalue weighted by Gasteiger charge is 2.07. The first-order valence-electron chi connectivity index (χ1n) is 6.15. The van der Waals surface area contributed by atoms with Crippen LogP contribution < -0.4 is 10.5 Å². The van der Waals surface area contributed by atoms with Gasteiger partial charge in [-0.25, -0.2) is 4.39 Å². The zero-order valence-corrected chi connectivity index (χ0v) is 13.0. The van der Waals surface area contributed by atoms with Crippen LogP contribution in [-0.2, 0) is 13.0 Å². The third-order valence-electron chi connectivity index (χ3n) is 2.83. The fourth-order valence-electron chi connectivity index (χ4n) is 1.83. The summed E-state index contributed by atoms with van der Waals surface area (Å²) in [4.78, 5) is 0. The van der Waals surface area contributed by atoms with E-state index in [0.717, 1.165) is 10.0 Å². The molecule has 2 aromatic rings. The number of rotatable bonds is 5. The van der Waals surface area contributed by atoms with Crippen LogP contribution in [0.25, 0.3) is 0 Å². The van der Waals surface area contributed by atoms with Gasteiger partial charge in [0.15, 0.2) is 0 Å². The predicted octanol–water partition coefficient (Wildman–Crippen LogP) is 4.32. The van der Waals surface area contributed by atoms with Crippen LogP contribution >= 0.6 is 27.5 Å². The molecule has 2 nitrogen and oxygen atoms in total. The minimum absolute atomic E-state index is 0.155. The second-order valence-electron chi connectivity index (χ2n) is 4.32. The van der Waals surface area contributed by atoms with Gasteiger partial charge in [0.2, 0.25) is 0 Å². The number of nitrogens with two attached hydrogens (primary N) is 1. The van der Waals surface area contributed by atoms with E-state index in [4.69, 9.17) is 22.1 Å². The summed E-state index contributed by atoms with van der Waals surface area (Å²) in [6.07, 6.45) is 0.706. The van der Waals surface area contributed by atoms with Crippen molar-refractivity contribution in [3.8, 4) is 5.75 Å². The molecule has 0 saturated heterocycles. The summed E-state index contributed by atoms with van der Waals surface area (Å²) < 4.78 is 20.3. The molecule has 0 atom stereocenters. The van der Waals surface area contributed by atoms with Gasteiger partial charge >= 0.3 is 0 Å². The number of ether oxygens (including phenoxy) is 1. The first-order valence-corrected chi connectivity index (χ1v) is 7.32. The lowest BCUT2D eigenvalue weighted by Crippen LogP contribution is -2.06. The summed E-state index contributed by atoms with van der Waals surface area (Å²) in [5, 5.41) is 0.374. The molecule has 0 aromatic heterocycles. The zero-order chi connectivity index (χ0) is 14.5. The molecule has 0 radical (unpaired) electrons. The van der Waals surface area contributed by atoms with Crippen LogP contribution in [0.5, 0.6) is 5.75 Å². The lowest BCUT2D eigenvalue weighted by atomic mass is 10.1. The maximum Gasteiger partial charge on any atom is 0.131 e. The Morgan fingerprint density at radius 3 is 2.65 bits per heavy atom. The van der Waals surface area contributed by atoms with Crippen LogP contribution in [0, 0.1) is 5.82 Å². The smallest absolute Gasteiger partial charge is 0.131 e. The molecule has 0 unspecified atom stereocenters. The second-order valence-corrected chi connectivity index (χ2v) is 5.67. The minimum Gasteiger partial charge on any atom is -0.489 e. The monoisotopic (exact) mass is 357 g/mol. The van der Waals surface area contributed by atoms with Crippen LogP contribution in [-0.4, -0.2) is 6.54 Å². The lowest BCUT2D eigenvalue weighted by molar-refractivity contribution is 0.296. The molecule has 2 aromatic carbocycles. The molecule has 0 aliphatic carbocycles. The summed E-state index contributed by atoms with van der Waals surface area (Å²) in [6, 6.07) is 10.2. The molecule has 0 aliphatic rings. The molecular weight excluding hydrogens is 345 g/mol. The fraction of sp³-hybridized carbons (Fsp3) is 0.200. The van der Waals surface area contributed by atoms with Crippen molar-refractivity contribution in [1.29, 1.82) is 0 Å². The van der Waals surface area contributed by atoms with E-state index in [2.05, 4.69) is 15.9 Å².